The maximum Gasteiger partial charge on any atom is 2.00 e. The molecule has 0 aromatic carbocycles. The van der Waals surface area contributed by atoms with Gasteiger partial charge in [0.1, 0.15) is 0 Å². The maximum absolute atomic E-state index is 3.62. The largest absolute Gasteiger partial charge is 2.00 e. The monoisotopic (exact) mass is 306 g/mol. The van der Waals surface area contributed by atoms with Gasteiger partial charge in [-0.05, 0) is 5.51 Å². The molecule has 0 amide bonds. The van der Waals surface area contributed by atoms with Crippen LogP contribution in [0.2, 0.25) is 0 Å². The fourth-order valence-electron chi connectivity index (χ4n) is 0.152. The normalized spacial score (nSPS) is 5.00. The molecule has 0 spiro atoms. The number of aromatic nitrogens is 1. The van der Waals surface area contributed by atoms with Gasteiger partial charge in [0.15, 0.2) is 0 Å². The quantitative estimate of drug-likeness (QED) is 0.345. The summed E-state index contributed by atoms with van der Waals surface area (Å²) in [7, 11) is 0. The van der Waals surface area contributed by atoms with E-state index in [9.17, 15) is 0 Å². The number of hydrogen-bond donors (Lipinski definition) is 0. The summed E-state index contributed by atoms with van der Waals surface area (Å²) in [6.45, 7) is 0. The van der Waals surface area contributed by atoms with E-state index < -0.39 is 0 Å². The smallest absolute Gasteiger partial charge is 1.00 e. The molecule has 0 saturated carbocycles. The van der Waals surface area contributed by atoms with Gasteiger partial charge in [-0.15, -0.1) is 11.6 Å². The van der Waals surface area contributed by atoms with Gasteiger partial charge in [-0.2, -0.15) is 0 Å². The van der Waals surface area contributed by atoms with Crippen LogP contribution in [0.25, 0.3) is 0 Å². The van der Waals surface area contributed by atoms with Crippen LogP contribution in [0.3, 0.4) is 0 Å². The fraction of sp³-hybridized carbons (Fsp3) is 0. The van der Waals surface area contributed by atoms with E-state index in [0.717, 1.165) is 0 Å². The zero-order chi connectivity index (χ0) is 3.54. The van der Waals surface area contributed by atoms with Gasteiger partial charge < -0.3 is 38.9 Å². The molecule has 0 aliphatic heterocycles. The van der Waals surface area contributed by atoms with Crippen molar-refractivity contribution in [1.82, 2.24) is 4.98 Å². The molecular weight excluding hydrogens is 307 g/mol. The number of hydrogen-bond acceptors (Lipinski definition) is 2. The molecule has 1 aromatic heterocycles. The van der Waals surface area contributed by atoms with Gasteiger partial charge in [0.25, 0.3) is 0 Å². The van der Waals surface area contributed by atoms with Gasteiger partial charge in [-0.25, -0.2) is 0 Å². The number of rotatable bonds is 0. The van der Waals surface area contributed by atoms with Crippen LogP contribution < -0.4 is 34.0 Å². The predicted octanol–water partition coefficient (Wildman–Crippen LogP) is -5.05. The van der Waals surface area contributed by atoms with E-state index in [4.69, 9.17) is 0 Å². The van der Waals surface area contributed by atoms with Crippen molar-refractivity contribution in [3.8, 4) is 0 Å². The van der Waals surface area contributed by atoms with Gasteiger partial charge in [0.2, 0.25) is 0 Å². The molecule has 0 N–H and O–H groups in total. The zero-order valence-electron chi connectivity index (χ0n) is 3.97. The molecule has 0 fully saturated rings. The molecule has 42 valence electrons. The molecule has 8 heavy (non-hydrogen) atoms. The Morgan fingerprint density at radius 1 is 1.38 bits per heavy atom. The van der Waals surface area contributed by atoms with Gasteiger partial charge in [0.05, 0.1) is 0 Å². The van der Waals surface area contributed by atoms with E-state index >= 15 is 0 Å². The third-order valence-corrected chi connectivity index (χ3v) is 0.777. The standard InChI is InChI=1S/C3H2NS.2BrH.Zn/c1-2-5-3-4-1;;;/h1-2H;2*1H;/q-1;;;+2/p-2. The van der Waals surface area contributed by atoms with E-state index in [0.29, 0.717) is 0 Å². The van der Waals surface area contributed by atoms with Crippen molar-refractivity contribution >= 4 is 11.3 Å². The molecule has 0 saturated heterocycles. The van der Waals surface area contributed by atoms with Crippen molar-refractivity contribution in [3.05, 3.63) is 17.1 Å². The Labute approximate surface area is 86.2 Å². The summed E-state index contributed by atoms with van der Waals surface area (Å²) in [5, 5.41) is 1.88. The van der Waals surface area contributed by atoms with Crippen LogP contribution in [0.4, 0.5) is 0 Å². The Balaban J connectivity index is -0.0000000833. The zero-order valence-corrected chi connectivity index (χ0v) is 10.9. The Hall–Kier alpha value is 1.21. The third kappa shape index (κ3) is 7.21. The van der Waals surface area contributed by atoms with Crippen molar-refractivity contribution in [1.29, 1.82) is 0 Å². The van der Waals surface area contributed by atoms with Crippen LogP contribution in [0.15, 0.2) is 11.6 Å². The molecule has 1 nitrogen and oxygen atoms in total. The molecule has 0 aliphatic rings. The van der Waals surface area contributed by atoms with Crippen LogP contribution in [0, 0.1) is 5.51 Å². The average Bonchev–Trinajstić information content (AvgIpc) is 1.76. The van der Waals surface area contributed by atoms with Crippen molar-refractivity contribution < 1.29 is 53.4 Å². The van der Waals surface area contributed by atoms with E-state index in [1.807, 2.05) is 5.38 Å². The minimum absolute atomic E-state index is 0. The minimum atomic E-state index is 0. The van der Waals surface area contributed by atoms with Crippen LogP contribution in [0.1, 0.15) is 0 Å². The summed E-state index contributed by atoms with van der Waals surface area (Å²) in [6.07, 6.45) is 1.71. The SMILES string of the molecule is [Br-].[Br-].[Zn+2].[c-]1nccs1. The van der Waals surface area contributed by atoms with Crippen LogP contribution in [-0.2, 0) is 19.5 Å². The third-order valence-electron chi connectivity index (χ3n) is 0.309. The Bertz CT molecular complexity index is 73.8. The predicted molar refractivity (Wildman–Crippen MR) is 20.9 cm³/mol. The molecule has 1 aromatic rings. The molecule has 0 aliphatic carbocycles. The molecular formula is C3H2Br2NSZn-. The van der Waals surface area contributed by atoms with Crippen molar-refractivity contribution in [2.75, 3.05) is 0 Å². The summed E-state index contributed by atoms with van der Waals surface area (Å²) in [6, 6.07) is 0. The number of nitrogens with zero attached hydrogens (tertiary/aromatic N) is 1. The average molecular weight is 309 g/mol. The second-order valence-corrected chi connectivity index (χ2v) is 1.31. The first-order valence-electron chi connectivity index (χ1n) is 1.25. The summed E-state index contributed by atoms with van der Waals surface area (Å²) < 4.78 is 0. The molecule has 0 radical (unpaired) electrons. The summed E-state index contributed by atoms with van der Waals surface area (Å²) in [5.41, 5.74) is 2.65. The van der Waals surface area contributed by atoms with Crippen molar-refractivity contribution in [3.63, 3.8) is 0 Å². The fourth-order valence-corrected chi connectivity index (χ4v) is 0.456. The molecule has 0 unspecified atom stereocenters. The summed E-state index contributed by atoms with van der Waals surface area (Å²) >= 11 is 1.48. The van der Waals surface area contributed by atoms with Crippen LogP contribution in [0.5, 0.6) is 0 Å². The van der Waals surface area contributed by atoms with Crippen molar-refractivity contribution in [2.45, 2.75) is 0 Å². The van der Waals surface area contributed by atoms with Gasteiger partial charge in [-0.3, -0.25) is 11.3 Å². The maximum atomic E-state index is 3.62. The Kier molecular flexibility index (Phi) is 22.3. The molecule has 1 rings (SSSR count). The first-order chi connectivity index (χ1) is 2.50. The summed E-state index contributed by atoms with van der Waals surface area (Å²) in [4.78, 5) is 3.62. The van der Waals surface area contributed by atoms with Crippen molar-refractivity contribution in [2.24, 2.45) is 0 Å². The Morgan fingerprint density at radius 2 is 2.00 bits per heavy atom. The molecule has 5 heteroatoms. The van der Waals surface area contributed by atoms with Crippen LogP contribution in [-0.4, -0.2) is 4.98 Å². The molecule has 1 heterocycles. The van der Waals surface area contributed by atoms with Crippen LogP contribution >= 0.6 is 11.3 Å². The Morgan fingerprint density at radius 3 is 2.12 bits per heavy atom. The molecule has 0 bridgehead atoms. The summed E-state index contributed by atoms with van der Waals surface area (Å²) in [5.74, 6) is 0. The molecule has 0 atom stereocenters. The van der Waals surface area contributed by atoms with E-state index in [-0.39, 0.29) is 53.4 Å². The van der Waals surface area contributed by atoms with E-state index in [1.165, 1.54) is 11.3 Å². The number of thiazole rings is 1. The minimum Gasteiger partial charge on any atom is -1.00 e. The first kappa shape index (κ1) is 16.1. The second-order valence-electron chi connectivity index (χ2n) is 0.623. The van der Waals surface area contributed by atoms with Gasteiger partial charge >= 0.3 is 19.5 Å². The second kappa shape index (κ2) is 11.1. The van der Waals surface area contributed by atoms with Gasteiger partial charge in [0, 0.05) is 0 Å². The van der Waals surface area contributed by atoms with E-state index in [1.54, 1.807) is 6.20 Å². The van der Waals surface area contributed by atoms with E-state index in [2.05, 4.69) is 10.5 Å². The first-order valence-corrected chi connectivity index (χ1v) is 2.13. The number of halogens is 2. The topological polar surface area (TPSA) is 12.9 Å². The van der Waals surface area contributed by atoms with Gasteiger partial charge in [-0.1, -0.05) is 0 Å².